The highest BCUT2D eigenvalue weighted by atomic mass is 16.7. The van der Waals surface area contributed by atoms with E-state index in [1.807, 2.05) is 19.2 Å². The molecule has 3 rings (SSSR count). The molecule has 2 aliphatic heterocycles. The van der Waals surface area contributed by atoms with Crippen molar-refractivity contribution in [3.63, 3.8) is 0 Å². The number of rotatable bonds is 3. The highest BCUT2D eigenvalue weighted by Crippen LogP contribution is 2.36. The van der Waals surface area contributed by atoms with Crippen LogP contribution in [0.25, 0.3) is 0 Å². The Bertz CT molecular complexity index is 555. The normalized spacial score (nSPS) is 26.3. The van der Waals surface area contributed by atoms with E-state index in [1.54, 1.807) is 0 Å². The van der Waals surface area contributed by atoms with Crippen LogP contribution < -0.4 is 15.5 Å². The molecule has 0 amide bonds. The molecule has 1 aromatic heterocycles. The van der Waals surface area contributed by atoms with Crippen LogP contribution in [0.2, 0.25) is 0 Å². The summed E-state index contributed by atoms with van der Waals surface area (Å²) in [7, 11) is -0.377. The van der Waals surface area contributed by atoms with Crippen LogP contribution in [0.4, 0.5) is 0 Å². The van der Waals surface area contributed by atoms with Crippen LogP contribution in [0.15, 0.2) is 12.3 Å². The maximum absolute atomic E-state index is 6.11. The predicted molar refractivity (Wildman–Crippen MR) is 91.2 cm³/mol. The van der Waals surface area contributed by atoms with E-state index in [0.29, 0.717) is 5.88 Å². The first-order valence-electron chi connectivity index (χ1n) is 8.48. The van der Waals surface area contributed by atoms with Gasteiger partial charge in [-0.3, -0.25) is 0 Å². The number of aryl methyl sites for hydroxylation is 1. The van der Waals surface area contributed by atoms with Crippen molar-refractivity contribution in [3.8, 4) is 5.88 Å². The van der Waals surface area contributed by atoms with Crippen LogP contribution in [0, 0.1) is 6.92 Å². The van der Waals surface area contributed by atoms with Gasteiger partial charge in [0, 0.05) is 24.3 Å². The van der Waals surface area contributed by atoms with Gasteiger partial charge in [-0.2, -0.15) is 0 Å². The quantitative estimate of drug-likeness (QED) is 0.862. The van der Waals surface area contributed by atoms with Gasteiger partial charge in [0.1, 0.15) is 6.10 Å². The zero-order chi connectivity index (χ0) is 16.7. The van der Waals surface area contributed by atoms with E-state index < -0.39 is 0 Å². The van der Waals surface area contributed by atoms with E-state index in [-0.39, 0.29) is 24.4 Å². The van der Waals surface area contributed by atoms with Gasteiger partial charge in [0.05, 0.1) is 11.2 Å². The van der Waals surface area contributed by atoms with Crippen LogP contribution in [0.1, 0.15) is 46.1 Å². The number of hydrogen-bond donors (Lipinski definition) is 1. The average Bonchev–Trinajstić information content (AvgIpc) is 2.68. The molecule has 0 bridgehead atoms. The summed E-state index contributed by atoms with van der Waals surface area (Å²) in [5, 5.41) is 3.35. The summed E-state index contributed by atoms with van der Waals surface area (Å²) in [5.74, 6) is 0.677. The molecule has 6 heteroatoms. The minimum Gasteiger partial charge on any atom is -0.473 e. The van der Waals surface area contributed by atoms with Crippen molar-refractivity contribution in [2.45, 2.75) is 64.8 Å². The minimum atomic E-state index is -0.377. The second-order valence-electron chi connectivity index (χ2n) is 7.55. The summed E-state index contributed by atoms with van der Waals surface area (Å²) < 4.78 is 18.2. The summed E-state index contributed by atoms with van der Waals surface area (Å²) in [4.78, 5) is 4.46. The monoisotopic (exact) mass is 318 g/mol. The van der Waals surface area contributed by atoms with E-state index in [1.165, 1.54) is 0 Å². The van der Waals surface area contributed by atoms with Gasteiger partial charge in [-0.25, -0.2) is 4.98 Å². The average molecular weight is 318 g/mol. The van der Waals surface area contributed by atoms with Crippen molar-refractivity contribution >= 4 is 12.6 Å². The molecule has 1 N–H and O–H groups in total. The number of nitrogens with one attached hydrogen (secondary N) is 1. The van der Waals surface area contributed by atoms with Crippen molar-refractivity contribution in [1.29, 1.82) is 0 Å². The topological polar surface area (TPSA) is 52.6 Å². The second-order valence-corrected chi connectivity index (χ2v) is 7.55. The SMILES string of the molecule is Cc1cc(O[C@@H]2CCCNC2)ncc1B1OC(C)(C)C(C)(C)O1. The van der Waals surface area contributed by atoms with E-state index in [2.05, 4.69) is 38.0 Å². The Kier molecular flexibility index (Phi) is 4.42. The third kappa shape index (κ3) is 3.39. The van der Waals surface area contributed by atoms with E-state index in [9.17, 15) is 0 Å². The first-order chi connectivity index (χ1) is 10.8. The molecular weight excluding hydrogens is 291 g/mol. The highest BCUT2D eigenvalue weighted by Gasteiger charge is 2.52. The predicted octanol–water partition coefficient (Wildman–Crippen LogP) is 1.82. The van der Waals surface area contributed by atoms with Crippen LogP contribution >= 0.6 is 0 Å². The summed E-state index contributed by atoms with van der Waals surface area (Å²) in [6.07, 6.45) is 4.25. The Morgan fingerprint density at radius 1 is 1.26 bits per heavy atom. The molecule has 126 valence electrons. The van der Waals surface area contributed by atoms with Crippen LogP contribution in [0.3, 0.4) is 0 Å². The molecule has 0 radical (unpaired) electrons. The van der Waals surface area contributed by atoms with Gasteiger partial charge in [-0.15, -0.1) is 0 Å². The highest BCUT2D eigenvalue weighted by molar-refractivity contribution is 6.62. The molecule has 3 heterocycles. The summed E-state index contributed by atoms with van der Waals surface area (Å²) in [6.45, 7) is 12.3. The van der Waals surface area contributed by atoms with Crippen molar-refractivity contribution in [2.24, 2.45) is 0 Å². The molecule has 2 saturated heterocycles. The molecule has 1 aromatic rings. The molecular formula is C17H27BN2O3. The number of pyridine rings is 1. The summed E-state index contributed by atoms with van der Waals surface area (Å²) in [5.41, 5.74) is 1.37. The van der Waals surface area contributed by atoms with Gasteiger partial charge in [0.15, 0.2) is 0 Å². The fourth-order valence-corrected chi connectivity index (χ4v) is 2.91. The van der Waals surface area contributed by atoms with Crippen molar-refractivity contribution in [3.05, 3.63) is 17.8 Å². The number of nitrogens with zero attached hydrogens (tertiary/aromatic N) is 1. The lowest BCUT2D eigenvalue weighted by Gasteiger charge is -2.32. The first-order valence-corrected chi connectivity index (χ1v) is 8.48. The lowest BCUT2D eigenvalue weighted by Crippen LogP contribution is -2.41. The molecule has 23 heavy (non-hydrogen) atoms. The third-order valence-corrected chi connectivity index (χ3v) is 5.17. The zero-order valence-corrected chi connectivity index (χ0v) is 14.8. The third-order valence-electron chi connectivity index (χ3n) is 5.17. The molecule has 2 fully saturated rings. The fraction of sp³-hybridized carbons (Fsp3) is 0.706. The number of ether oxygens (including phenoxy) is 1. The Morgan fingerprint density at radius 2 is 1.96 bits per heavy atom. The van der Waals surface area contributed by atoms with Crippen molar-refractivity contribution in [1.82, 2.24) is 10.3 Å². The lowest BCUT2D eigenvalue weighted by atomic mass is 9.77. The standard InChI is InChI=1S/C17H27BN2O3/c1-12-9-15(21-13-7-6-8-19-10-13)20-11-14(12)18-22-16(2,3)17(4,5)23-18/h9,11,13,19H,6-8,10H2,1-5H3/t13-/m1/s1. The number of piperidine rings is 1. The Labute approximate surface area is 139 Å². The maximum atomic E-state index is 6.11. The molecule has 1 atom stereocenters. The van der Waals surface area contributed by atoms with Crippen LogP contribution in [-0.2, 0) is 9.31 Å². The van der Waals surface area contributed by atoms with Gasteiger partial charge >= 0.3 is 7.12 Å². The molecule has 0 aliphatic carbocycles. The van der Waals surface area contributed by atoms with Gasteiger partial charge in [-0.05, 0) is 59.6 Å². The zero-order valence-electron chi connectivity index (χ0n) is 14.8. The molecule has 2 aliphatic rings. The lowest BCUT2D eigenvalue weighted by molar-refractivity contribution is 0.00578. The van der Waals surface area contributed by atoms with Gasteiger partial charge in [-0.1, -0.05) is 0 Å². The number of aromatic nitrogens is 1. The summed E-state index contributed by atoms with van der Waals surface area (Å²) >= 11 is 0. The Balaban J connectivity index is 1.72. The van der Waals surface area contributed by atoms with E-state index in [4.69, 9.17) is 14.0 Å². The van der Waals surface area contributed by atoms with E-state index >= 15 is 0 Å². The Morgan fingerprint density at radius 3 is 2.52 bits per heavy atom. The van der Waals surface area contributed by atoms with E-state index in [0.717, 1.165) is 37.0 Å². The molecule has 0 unspecified atom stereocenters. The maximum Gasteiger partial charge on any atom is 0.496 e. The fourth-order valence-electron chi connectivity index (χ4n) is 2.91. The molecule has 0 saturated carbocycles. The van der Waals surface area contributed by atoms with Gasteiger partial charge < -0.3 is 19.4 Å². The molecule has 0 aromatic carbocycles. The van der Waals surface area contributed by atoms with Gasteiger partial charge in [0.2, 0.25) is 5.88 Å². The minimum absolute atomic E-state index is 0.207. The van der Waals surface area contributed by atoms with Gasteiger partial charge in [0.25, 0.3) is 0 Å². The second kappa shape index (κ2) is 6.08. The smallest absolute Gasteiger partial charge is 0.473 e. The molecule has 0 spiro atoms. The van der Waals surface area contributed by atoms with Crippen molar-refractivity contribution < 1.29 is 14.0 Å². The number of hydrogen-bond acceptors (Lipinski definition) is 5. The Hall–Kier alpha value is -1.11. The van der Waals surface area contributed by atoms with Crippen LogP contribution in [0.5, 0.6) is 5.88 Å². The van der Waals surface area contributed by atoms with Crippen LogP contribution in [-0.4, -0.2) is 42.5 Å². The largest absolute Gasteiger partial charge is 0.496 e. The first kappa shape index (κ1) is 16.7. The van der Waals surface area contributed by atoms with Crippen molar-refractivity contribution in [2.75, 3.05) is 13.1 Å². The molecule has 5 nitrogen and oxygen atoms in total. The summed E-state index contributed by atoms with van der Waals surface area (Å²) in [6, 6.07) is 1.98.